The predicted molar refractivity (Wildman–Crippen MR) is 104 cm³/mol. The zero-order chi connectivity index (χ0) is 20.7. The number of aliphatic hydroxyl groups excluding tert-OH is 1. The first kappa shape index (κ1) is 18.9. The molecule has 3 aromatic rings. The Morgan fingerprint density at radius 1 is 1.17 bits per heavy atom. The summed E-state index contributed by atoms with van der Waals surface area (Å²) in [5.41, 5.74) is 0.0658. The number of carbonyl (C=O) groups excluding carboxylic acids is 2. The molecule has 1 unspecified atom stereocenters. The second-order valence-electron chi connectivity index (χ2n) is 6.49. The second kappa shape index (κ2) is 7.18. The summed E-state index contributed by atoms with van der Waals surface area (Å²) in [6, 6.07) is 12.1. The van der Waals surface area contributed by atoms with Crippen molar-refractivity contribution in [3.05, 3.63) is 87.9 Å². The molecular formula is C21H14ClFN2O4. The van der Waals surface area contributed by atoms with Gasteiger partial charge in [0.1, 0.15) is 17.3 Å². The number of nitrogens with zero attached hydrogens (tertiary/aromatic N) is 2. The van der Waals surface area contributed by atoms with Crippen LogP contribution in [0, 0.1) is 12.7 Å². The van der Waals surface area contributed by atoms with Crippen molar-refractivity contribution in [1.82, 2.24) is 5.16 Å². The molecule has 0 saturated carbocycles. The summed E-state index contributed by atoms with van der Waals surface area (Å²) >= 11 is 5.88. The zero-order valence-corrected chi connectivity index (χ0v) is 15.9. The molecule has 1 atom stereocenters. The van der Waals surface area contributed by atoms with Crippen LogP contribution in [0.2, 0.25) is 5.02 Å². The number of aryl methyl sites for hydroxylation is 1. The Balaban J connectivity index is 1.97. The van der Waals surface area contributed by atoms with Crippen molar-refractivity contribution in [2.45, 2.75) is 13.0 Å². The number of benzene rings is 2. The Kier molecular flexibility index (Phi) is 4.68. The first-order chi connectivity index (χ1) is 13.9. The first-order valence-electron chi connectivity index (χ1n) is 8.63. The van der Waals surface area contributed by atoms with Crippen molar-refractivity contribution in [2.75, 3.05) is 4.90 Å². The van der Waals surface area contributed by atoms with Crippen LogP contribution < -0.4 is 4.90 Å². The maximum absolute atomic E-state index is 14.7. The average Bonchev–Trinajstić information content (AvgIpc) is 3.23. The van der Waals surface area contributed by atoms with Crippen molar-refractivity contribution >= 4 is 34.9 Å². The van der Waals surface area contributed by atoms with E-state index >= 15 is 0 Å². The molecule has 0 aliphatic carbocycles. The van der Waals surface area contributed by atoms with E-state index in [0.717, 1.165) is 4.90 Å². The summed E-state index contributed by atoms with van der Waals surface area (Å²) < 4.78 is 19.7. The number of carbonyl (C=O) groups is 2. The fourth-order valence-electron chi connectivity index (χ4n) is 3.29. The van der Waals surface area contributed by atoms with Gasteiger partial charge in [-0.2, -0.15) is 0 Å². The number of halogens is 2. The van der Waals surface area contributed by atoms with Crippen LogP contribution >= 0.6 is 11.6 Å². The lowest BCUT2D eigenvalue weighted by Crippen LogP contribution is -2.30. The van der Waals surface area contributed by atoms with Crippen molar-refractivity contribution in [3.8, 4) is 0 Å². The third-order valence-electron chi connectivity index (χ3n) is 4.62. The minimum Gasteiger partial charge on any atom is -0.507 e. The van der Waals surface area contributed by atoms with Crippen molar-refractivity contribution in [1.29, 1.82) is 0 Å². The van der Waals surface area contributed by atoms with Crippen LogP contribution in [-0.4, -0.2) is 22.0 Å². The lowest BCUT2D eigenvalue weighted by Gasteiger charge is -2.23. The van der Waals surface area contributed by atoms with Gasteiger partial charge >= 0.3 is 5.91 Å². The smallest absolute Gasteiger partial charge is 0.301 e. The molecule has 29 heavy (non-hydrogen) atoms. The molecule has 6 nitrogen and oxygen atoms in total. The quantitative estimate of drug-likeness (QED) is 0.391. The second-order valence-corrected chi connectivity index (χ2v) is 6.93. The minimum absolute atomic E-state index is 0.0443. The highest BCUT2D eigenvalue weighted by Gasteiger charge is 2.48. The molecule has 1 amide bonds. The van der Waals surface area contributed by atoms with Gasteiger partial charge in [-0.05, 0) is 37.3 Å². The van der Waals surface area contributed by atoms with Gasteiger partial charge in [0.05, 0.1) is 11.6 Å². The summed E-state index contributed by atoms with van der Waals surface area (Å²) in [5, 5.41) is 15.1. The van der Waals surface area contributed by atoms with E-state index in [2.05, 4.69) is 5.16 Å². The van der Waals surface area contributed by atoms with Gasteiger partial charge in [-0.3, -0.25) is 14.5 Å². The minimum atomic E-state index is -1.21. The summed E-state index contributed by atoms with van der Waals surface area (Å²) in [5.74, 6) is -2.50. The summed E-state index contributed by atoms with van der Waals surface area (Å²) in [6.07, 6.45) is 0. The fourth-order valence-corrected chi connectivity index (χ4v) is 3.42. The van der Waals surface area contributed by atoms with E-state index < -0.39 is 29.3 Å². The van der Waals surface area contributed by atoms with Gasteiger partial charge in [0, 0.05) is 22.2 Å². The molecule has 0 bridgehead atoms. The molecule has 2 heterocycles. The van der Waals surface area contributed by atoms with E-state index in [-0.39, 0.29) is 22.5 Å². The number of aromatic nitrogens is 1. The number of hydrogen-bond donors (Lipinski definition) is 1. The number of rotatable bonds is 3. The summed E-state index contributed by atoms with van der Waals surface area (Å²) in [7, 11) is 0. The van der Waals surface area contributed by atoms with Gasteiger partial charge < -0.3 is 9.63 Å². The molecule has 1 aliphatic rings. The van der Waals surface area contributed by atoms with Crippen molar-refractivity contribution in [2.24, 2.45) is 0 Å². The van der Waals surface area contributed by atoms with E-state index in [4.69, 9.17) is 16.1 Å². The monoisotopic (exact) mass is 412 g/mol. The van der Waals surface area contributed by atoms with E-state index in [1.165, 1.54) is 48.5 Å². The van der Waals surface area contributed by atoms with E-state index in [1.807, 2.05) is 0 Å². The number of anilines is 1. The van der Waals surface area contributed by atoms with Crippen LogP contribution in [0.3, 0.4) is 0 Å². The largest absolute Gasteiger partial charge is 0.507 e. The van der Waals surface area contributed by atoms with Crippen LogP contribution in [0.15, 0.2) is 64.7 Å². The van der Waals surface area contributed by atoms with E-state index in [0.29, 0.717) is 10.8 Å². The highest BCUT2D eigenvalue weighted by molar-refractivity contribution is 6.51. The fraction of sp³-hybridized carbons (Fsp3) is 0.0952. The Hall–Kier alpha value is -3.45. The molecule has 4 rings (SSSR count). The number of ketones is 1. The molecule has 1 aliphatic heterocycles. The van der Waals surface area contributed by atoms with E-state index in [9.17, 15) is 19.1 Å². The number of aliphatic hydroxyl groups is 1. The van der Waals surface area contributed by atoms with Gasteiger partial charge in [-0.1, -0.05) is 35.0 Å². The third kappa shape index (κ3) is 3.19. The molecule has 8 heteroatoms. The maximum Gasteiger partial charge on any atom is 0.301 e. The SMILES string of the molecule is Cc1cc(N2C(=O)C(=O)C(=C(O)c3ccc(Cl)cc3)C2c2ccccc2F)no1. The predicted octanol–water partition coefficient (Wildman–Crippen LogP) is 4.40. The molecule has 1 fully saturated rings. The Morgan fingerprint density at radius 2 is 1.86 bits per heavy atom. The van der Waals surface area contributed by atoms with Crippen LogP contribution in [0.4, 0.5) is 10.2 Å². The highest BCUT2D eigenvalue weighted by atomic mass is 35.5. The topological polar surface area (TPSA) is 83.6 Å². The van der Waals surface area contributed by atoms with Crippen LogP contribution in [0.5, 0.6) is 0 Å². The van der Waals surface area contributed by atoms with Gasteiger partial charge in [-0.25, -0.2) is 4.39 Å². The summed E-state index contributed by atoms with van der Waals surface area (Å²) in [4.78, 5) is 26.7. The molecular weight excluding hydrogens is 399 g/mol. The average molecular weight is 413 g/mol. The molecule has 1 aromatic heterocycles. The van der Waals surface area contributed by atoms with Gasteiger partial charge in [0.2, 0.25) is 0 Å². The zero-order valence-electron chi connectivity index (χ0n) is 15.1. The van der Waals surface area contributed by atoms with Crippen LogP contribution in [0.25, 0.3) is 5.76 Å². The molecule has 1 saturated heterocycles. The highest BCUT2D eigenvalue weighted by Crippen LogP contribution is 2.42. The first-order valence-corrected chi connectivity index (χ1v) is 9.01. The number of hydrogen-bond acceptors (Lipinski definition) is 5. The lowest BCUT2D eigenvalue weighted by atomic mass is 9.95. The summed E-state index contributed by atoms with van der Waals surface area (Å²) in [6.45, 7) is 1.62. The van der Waals surface area contributed by atoms with E-state index in [1.54, 1.807) is 13.0 Å². The number of Topliss-reactive ketones (excluding diaryl/α,β-unsaturated/α-hetero) is 1. The van der Waals surface area contributed by atoms with Gasteiger partial charge in [0.15, 0.2) is 5.82 Å². The lowest BCUT2D eigenvalue weighted by molar-refractivity contribution is -0.132. The van der Waals surface area contributed by atoms with Crippen LogP contribution in [-0.2, 0) is 9.59 Å². The third-order valence-corrected chi connectivity index (χ3v) is 4.88. The van der Waals surface area contributed by atoms with Crippen molar-refractivity contribution in [3.63, 3.8) is 0 Å². The Bertz CT molecular complexity index is 1150. The van der Waals surface area contributed by atoms with Gasteiger partial charge in [-0.15, -0.1) is 0 Å². The molecule has 0 spiro atoms. The molecule has 0 radical (unpaired) electrons. The van der Waals surface area contributed by atoms with Crippen molar-refractivity contribution < 1.29 is 23.6 Å². The Morgan fingerprint density at radius 3 is 2.48 bits per heavy atom. The van der Waals surface area contributed by atoms with Gasteiger partial charge in [0.25, 0.3) is 5.78 Å². The molecule has 2 aromatic carbocycles. The normalized spacial score (nSPS) is 18.4. The molecule has 146 valence electrons. The number of amides is 1. The van der Waals surface area contributed by atoms with Crippen LogP contribution in [0.1, 0.15) is 22.9 Å². The molecule has 1 N–H and O–H groups in total. The maximum atomic E-state index is 14.7. The standard InChI is InChI=1S/C21H14ClFN2O4/c1-11-10-16(24-29-11)25-18(14-4-2-3-5-15(14)23)17(20(27)21(25)28)19(26)12-6-8-13(22)9-7-12/h2-10,18,26H,1H3. The Labute approximate surface area is 169 Å².